The molecule has 2 N–H and O–H groups in total. The van der Waals surface area contributed by atoms with E-state index in [2.05, 4.69) is 21.6 Å². The molecule has 0 aliphatic rings. The predicted molar refractivity (Wildman–Crippen MR) is 57.7 cm³/mol. The fourth-order valence-electron chi connectivity index (χ4n) is 1.44. The third kappa shape index (κ3) is 1.59. The van der Waals surface area contributed by atoms with Crippen LogP contribution in [0.25, 0.3) is 5.69 Å². The van der Waals surface area contributed by atoms with Gasteiger partial charge in [-0.25, -0.2) is 0 Å². The van der Waals surface area contributed by atoms with Gasteiger partial charge in [0.15, 0.2) is 5.82 Å². The molecule has 0 bridgehead atoms. The van der Waals surface area contributed by atoms with E-state index in [4.69, 9.17) is 11.0 Å². The molecule has 0 radical (unpaired) electrons. The van der Waals surface area contributed by atoms with E-state index in [1.54, 1.807) is 22.9 Å². The maximum absolute atomic E-state index is 9.02. The lowest BCUT2D eigenvalue weighted by Gasteiger charge is -2.05. The van der Waals surface area contributed by atoms with Gasteiger partial charge in [0.25, 0.3) is 0 Å². The molecule has 0 aliphatic heterocycles. The number of anilines is 1. The molecule has 0 saturated carbocycles. The second kappa shape index (κ2) is 3.98. The Kier molecular flexibility index (Phi) is 2.52. The number of nitriles is 1. The highest BCUT2D eigenvalue weighted by atomic mass is 15.5. The molecule has 0 unspecified atom stereocenters. The standard InChI is InChI=1S/C10H10N6/c1-2-10-13-14-15-16(10)9-4-3-8(12)5-7(9)6-11/h3-5H,2,12H2,1H3. The van der Waals surface area contributed by atoms with Crippen molar-refractivity contribution in [1.29, 1.82) is 5.26 Å². The largest absolute Gasteiger partial charge is 0.399 e. The summed E-state index contributed by atoms with van der Waals surface area (Å²) in [5, 5.41) is 20.3. The zero-order chi connectivity index (χ0) is 11.5. The third-order valence-electron chi connectivity index (χ3n) is 2.22. The number of hydrogen-bond acceptors (Lipinski definition) is 5. The van der Waals surface area contributed by atoms with E-state index in [0.717, 1.165) is 0 Å². The number of aromatic nitrogens is 4. The maximum Gasteiger partial charge on any atom is 0.156 e. The lowest BCUT2D eigenvalue weighted by Crippen LogP contribution is -2.05. The molecular weight excluding hydrogens is 204 g/mol. The van der Waals surface area contributed by atoms with Crippen LogP contribution >= 0.6 is 0 Å². The molecule has 1 aromatic carbocycles. The SMILES string of the molecule is CCc1nnnn1-c1ccc(N)cc1C#N. The van der Waals surface area contributed by atoms with Gasteiger partial charge in [-0.3, -0.25) is 0 Å². The highest BCUT2D eigenvalue weighted by Crippen LogP contribution is 2.17. The van der Waals surface area contributed by atoms with Crippen LogP contribution in [-0.2, 0) is 6.42 Å². The smallest absolute Gasteiger partial charge is 0.156 e. The number of tetrazole rings is 1. The lowest BCUT2D eigenvalue weighted by molar-refractivity contribution is 0.765. The van der Waals surface area contributed by atoms with E-state index >= 15 is 0 Å². The van der Waals surface area contributed by atoms with E-state index in [9.17, 15) is 0 Å². The van der Waals surface area contributed by atoms with Crippen LogP contribution in [0.4, 0.5) is 5.69 Å². The maximum atomic E-state index is 9.02. The summed E-state index contributed by atoms with van der Waals surface area (Å²) in [5.41, 5.74) is 7.27. The average molecular weight is 214 g/mol. The van der Waals surface area contributed by atoms with Gasteiger partial charge in [0, 0.05) is 12.1 Å². The third-order valence-corrected chi connectivity index (χ3v) is 2.22. The monoisotopic (exact) mass is 214 g/mol. The van der Waals surface area contributed by atoms with Gasteiger partial charge in [-0.2, -0.15) is 9.94 Å². The van der Waals surface area contributed by atoms with E-state index in [0.29, 0.717) is 29.2 Å². The summed E-state index contributed by atoms with van der Waals surface area (Å²) >= 11 is 0. The fraction of sp³-hybridized carbons (Fsp3) is 0.200. The van der Waals surface area contributed by atoms with Gasteiger partial charge in [-0.1, -0.05) is 6.92 Å². The van der Waals surface area contributed by atoms with Gasteiger partial charge in [-0.15, -0.1) is 5.10 Å². The molecule has 0 spiro atoms. The van der Waals surface area contributed by atoms with E-state index in [1.165, 1.54) is 0 Å². The van der Waals surface area contributed by atoms with Crippen molar-refractivity contribution in [3.8, 4) is 11.8 Å². The fourth-order valence-corrected chi connectivity index (χ4v) is 1.44. The zero-order valence-corrected chi connectivity index (χ0v) is 8.75. The van der Waals surface area contributed by atoms with Crippen molar-refractivity contribution in [2.24, 2.45) is 0 Å². The van der Waals surface area contributed by atoms with Crippen molar-refractivity contribution in [3.05, 3.63) is 29.6 Å². The van der Waals surface area contributed by atoms with Crippen LogP contribution in [0.2, 0.25) is 0 Å². The first-order valence-corrected chi connectivity index (χ1v) is 4.83. The summed E-state index contributed by atoms with van der Waals surface area (Å²) in [6, 6.07) is 7.15. The van der Waals surface area contributed by atoms with Crippen LogP contribution in [0, 0.1) is 11.3 Å². The van der Waals surface area contributed by atoms with Crippen molar-refractivity contribution in [1.82, 2.24) is 20.2 Å². The summed E-state index contributed by atoms with van der Waals surface area (Å²) in [7, 11) is 0. The molecule has 0 amide bonds. The van der Waals surface area contributed by atoms with E-state index in [-0.39, 0.29) is 0 Å². The van der Waals surface area contributed by atoms with Crippen LogP contribution in [0.15, 0.2) is 18.2 Å². The highest BCUT2D eigenvalue weighted by Gasteiger charge is 2.10. The first kappa shape index (κ1) is 10.1. The Morgan fingerprint density at radius 3 is 3.00 bits per heavy atom. The molecule has 2 aromatic rings. The molecule has 0 saturated heterocycles. The number of hydrogen-bond donors (Lipinski definition) is 1. The Morgan fingerprint density at radius 2 is 2.31 bits per heavy atom. The summed E-state index contributed by atoms with van der Waals surface area (Å²) in [6.07, 6.45) is 0.697. The summed E-state index contributed by atoms with van der Waals surface area (Å²) in [6.45, 7) is 1.95. The molecule has 1 aromatic heterocycles. The summed E-state index contributed by atoms with van der Waals surface area (Å²) < 4.78 is 1.55. The number of nitrogens with two attached hydrogens (primary N) is 1. The molecule has 0 aliphatic carbocycles. The van der Waals surface area contributed by atoms with Crippen molar-refractivity contribution >= 4 is 5.69 Å². The average Bonchev–Trinajstić information content (AvgIpc) is 2.76. The quantitative estimate of drug-likeness (QED) is 0.742. The van der Waals surface area contributed by atoms with Crippen LogP contribution in [-0.4, -0.2) is 20.2 Å². The van der Waals surface area contributed by atoms with Crippen LogP contribution < -0.4 is 5.73 Å². The van der Waals surface area contributed by atoms with Crippen LogP contribution in [0.5, 0.6) is 0 Å². The number of rotatable bonds is 2. The molecule has 80 valence electrons. The second-order valence-electron chi connectivity index (χ2n) is 3.25. The van der Waals surface area contributed by atoms with Crippen molar-refractivity contribution in [2.75, 3.05) is 5.73 Å². The number of nitrogens with zero attached hydrogens (tertiary/aromatic N) is 5. The molecule has 0 atom stereocenters. The minimum atomic E-state index is 0.460. The Labute approximate surface area is 92.3 Å². The van der Waals surface area contributed by atoms with E-state index in [1.807, 2.05) is 6.92 Å². The second-order valence-corrected chi connectivity index (χ2v) is 3.25. The van der Waals surface area contributed by atoms with Crippen LogP contribution in [0.3, 0.4) is 0 Å². The topological polar surface area (TPSA) is 93.4 Å². The number of nitrogen functional groups attached to an aromatic ring is 1. The van der Waals surface area contributed by atoms with Crippen molar-refractivity contribution in [3.63, 3.8) is 0 Å². The summed E-state index contributed by atoms with van der Waals surface area (Å²) in [5.74, 6) is 0.710. The Morgan fingerprint density at radius 1 is 1.50 bits per heavy atom. The lowest BCUT2D eigenvalue weighted by atomic mass is 10.1. The molecule has 0 fully saturated rings. The molecular formula is C10H10N6. The number of benzene rings is 1. The first-order chi connectivity index (χ1) is 7.76. The van der Waals surface area contributed by atoms with Crippen LogP contribution in [0.1, 0.15) is 18.3 Å². The molecule has 2 rings (SSSR count). The Hall–Kier alpha value is -2.42. The van der Waals surface area contributed by atoms with Crippen molar-refractivity contribution < 1.29 is 0 Å². The van der Waals surface area contributed by atoms with Gasteiger partial charge in [0.05, 0.1) is 11.3 Å². The predicted octanol–water partition coefficient (Wildman–Crippen LogP) is 0.679. The van der Waals surface area contributed by atoms with E-state index < -0.39 is 0 Å². The van der Waals surface area contributed by atoms with Gasteiger partial charge >= 0.3 is 0 Å². The Bertz CT molecular complexity index is 551. The first-order valence-electron chi connectivity index (χ1n) is 4.83. The van der Waals surface area contributed by atoms with Gasteiger partial charge in [0.1, 0.15) is 6.07 Å². The Balaban J connectivity index is 2.61. The van der Waals surface area contributed by atoms with Gasteiger partial charge in [-0.05, 0) is 28.6 Å². The zero-order valence-electron chi connectivity index (χ0n) is 8.75. The molecule has 6 heteroatoms. The van der Waals surface area contributed by atoms with Crippen molar-refractivity contribution in [2.45, 2.75) is 13.3 Å². The van der Waals surface area contributed by atoms with Gasteiger partial charge < -0.3 is 5.73 Å². The normalized spacial score (nSPS) is 10.0. The number of aryl methyl sites for hydroxylation is 1. The molecule has 16 heavy (non-hydrogen) atoms. The summed E-state index contributed by atoms with van der Waals surface area (Å²) in [4.78, 5) is 0. The minimum absolute atomic E-state index is 0.460. The van der Waals surface area contributed by atoms with Gasteiger partial charge in [0.2, 0.25) is 0 Å². The molecule has 6 nitrogen and oxygen atoms in total. The highest BCUT2D eigenvalue weighted by molar-refractivity contribution is 5.56. The minimum Gasteiger partial charge on any atom is -0.399 e. The molecule has 1 heterocycles.